The number of rotatable bonds is 6. The molecule has 35 aromatic rings. The third-order valence-electron chi connectivity index (χ3n) is 31.7. The highest BCUT2D eigenvalue weighted by molar-refractivity contribution is 6.40. The topological polar surface area (TPSA) is 93.8 Å². The van der Waals surface area contributed by atoms with Crippen molar-refractivity contribution in [2.75, 3.05) is 0 Å². The highest BCUT2D eigenvalue weighted by Gasteiger charge is 2.32. The molecule has 35 rings (SSSR count). The molecule has 0 aliphatic carbocycles. The van der Waals surface area contributed by atoms with E-state index in [-0.39, 0.29) is 0 Å². The highest BCUT2D eigenvalue weighted by atomic mass is 15.2. The van der Waals surface area contributed by atoms with E-state index in [1.54, 1.807) is 0 Å². The number of nitrogens with zero attached hydrogens (tertiary/aromatic N) is 13. The fourth-order valence-electron chi connectivity index (χ4n) is 25.7. The molecule has 0 fully saturated rings. The Hall–Kier alpha value is -20.1. The summed E-state index contributed by atoms with van der Waals surface area (Å²) < 4.78 is 19.4. The van der Waals surface area contributed by atoms with Gasteiger partial charge in [0.2, 0.25) is 5.95 Å². The number of hydrogen-bond donors (Lipinski definition) is 0. The number of hydrogen-bond acceptors (Lipinski definition) is 4. The highest BCUT2D eigenvalue weighted by Crippen LogP contribution is 2.54. The Kier molecular flexibility index (Phi) is 15.9. The summed E-state index contributed by atoms with van der Waals surface area (Å²) >= 11 is 0. The molecule has 0 atom stereocenters. The van der Waals surface area contributed by atoms with Gasteiger partial charge >= 0.3 is 0 Å². The molecule has 0 saturated heterocycles. The SMILES string of the molecule is [C-]#[N+]c1ccc(-c2nc(-n3c4c5ccccc5ccc4c4cc5c6ccccc6n6c7ccccc7c(c43)c56)nc3ccccc23)cc1.c1ccc2c(c1)ccc1c3cc4c5ccccc5n5c6ccccc6c(c3n(-c3ccc(-n6c7ccccc7c7cccnc76)cc3)c21)c45.c1ccc2c(c1)ccc1c3cc4c5ccccc5n5c6ccccc6c(c3n(-c3ccc(-n6c7ccccc7c7ccncc76)cc3)c21)c45. The zero-order chi connectivity index (χ0) is 95.1. The molecule has 21 aromatic carbocycles. The van der Waals surface area contributed by atoms with Crippen LogP contribution in [0.4, 0.5) is 5.69 Å². The normalized spacial score (nSPS) is 12.4. The Morgan fingerprint density at radius 1 is 0.205 bits per heavy atom. The molecule has 0 radical (unpaired) electrons. The molecule has 0 aliphatic heterocycles. The fourth-order valence-corrected chi connectivity index (χ4v) is 25.7. The van der Waals surface area contributed by atoms with Crippen LogP contribution in [-0.2, 0) is 0 Å². The van der Waals surface area contributed by atoms with Crippen molar-refractivity contribution in [1.29, 1.82) is 0 Å². The van der Waals surface area contributed by atoms with Gasteiger partial charge < -0.3 is 26.9 Å². The van der Waals surface area contributed by atoms with Gasteiger partial charge in [0.05, 0.1) is 123 Å². The summed E-state index contributed by atoms with van der Waals surface area (Å²) in [7, 11) is 0. The zero-order valence-electron chi connectivity index (χ0n) is 78.1. The van der Waals surface area contributed by atoms with Gasteiger partial charge in [0.1, 0.15) is 5.65 Å². The molecular weight excluding hydrogens is 1780 g/mol. The molecule has 0 saturated carbocycles. The first-order valence-corrected chi connectivity index (χ1v) is 49.7. The van der Waals surface area contributed by atoms with Crippen molar-refractivity contribution >= 4 is 272 Å². The quantitative estimate of drug-likeness (QED) is 0.155. The number of pyridine rings is 2. The van der Waals surface area contributed by atoms with Crippen LogP contribution in [-0.4, -0.2) is 56.0 Å². The van der Waals surface area contributed by atoms with Crippen molar-refractivity contribution in [1.82, 2.24) is 56.0 Å². The predicted molar refractivity (Wildman–Crippen MR) is 608 cm³/mol. The van der Waals surface area contributed by atoms with Gasteiger partial charge in [-0.3, -0.25) is 14.1 Å². The fraction of sp³-hybridized carbons (Fsp3) is 0. The van der Waals surface area contributed by atoms with Gasteiger partial charge in [0.25, 0.3) is 0 Å². The molecule has 0 spiro atoms. The van der Waals surface area contributed by atoms with Crippen LogP contribution < -0.4 is 0 Å². The molecule has 0 amide bonds. The Morgan fingerprint density at radius 3 is 0.979 bits per heavy atom. The second-order valence-electron chi connectivity index (χ2n) is 38.8. The lowest BCUT2D eigenvalue weighted by Gasteiger charge is -2.13. The van der Waals surface area contributed by atoms with Crippen molar-refractivity contribution in [2.24, 2.45) is 0 Å². The number of aromatic nitrogens is 12. The largest absolute Gasteiger partial charge is 0.308 e. The summed E-state index contributed by atoms with van der Waals surface area (Å²) in [6.45, 7) is 7.48. The maximum Gasteiger partial charge on any atom is 0.235 e. The Balaban J connectivity index is 0.0000000958. The Labute approximate surface area is 829 Å². The Morgan fingerprint density at radius 2 is 0.534 bits per heavy atom. The van der Waals surface area contributed by atoms with E-state index in [1.807, 2.05) is 61.1 Å². The standard InChI is InChI=1S/2C45H26N4.C43H23N5/c1-2-11-30-27(10-1)19-24-33-37-26-36-32-13-4-7-17-39(32)49-40-18-8-5-14-35(40)41(44(36)49)43(37)48(42(30)33)29-22-20-28(21-23-29)47-38-16-6-3-12-31(38)34-15-9-25-46-45(34)47;1-2-10-30-27(9-1)17-22-34-37-25-36-32-12-4-7-15-39(32)49-40-16-8-5-13-35(40)42(45(36)49)44(37)48(43(30)34)29-20-18-28(19-21-29)47-38-14-6-3-11-31(38)33-23-24-46-26-41(33)47;1-44-27-21-18-26(19-22-27)39-31-13-4-7-15-35(31)45-43(46-39)48-40-28-11-3-2-10-25(28)20-23-30(40)34-24-33-29-12-5-8-16-36(29)47-37-17-9-6-14-32(37)38(41(33)47)42(34)48/h2*1-26H;2-24H. The maximum absolute atomic E-state index is 7.48. The van der Waals surface area contributed by atoms with Crippen LogP contribution in [0, 0.1) is 6.57 Å². The third kappa shape index (κ3) is 10.6. The molecule has 0 aliphatic rings. The average Bonchev–Trinajstić information content (AvgIpc) is 1.52. The number of fused-ring (bicyclic) bond motifs is 43. The van der Waals surface area contributed by atoms with Gasteiger partial charge in [0.15, 0.2) is 5.69 Å². The minimum absolute atomic E-state index is 0.604. The Bertz CT molecular complexity index is 11400. The first-order chi connectivity index (χ1) is 72.5. The smallest absolute Gasteiger partial charge is 0.235 e. The minimum Gasteiger partial charge on any atom is -0.308 e. The maximum atomic E-state index is 7.48. The van der Waals surface area contributed by atoms with Crippen molar-refractivity contribution in [2.45, 2.75) is 0 Å². The van der Waals surface area contributed by atoms with E-state index in [9.17, 15) is 0 Å². The van der Waals surface area contributed by atoms with Crippen LogP contribution in [0.15, 0.2) is 455 Å². The van der Waals surface area contributed by atoms with E-state index >= 15 is 0 Å². The molecule has 672 valence electrons. The van der Waals surface area contributed by atoms with E-state index in [1.165, 1.54) is 217 Å². The lowest BCUT2D eigenvalue weighted by atomic mass is 10.0. The monoisotopic (exact) mass is 1850 g/mol. The molecule has 146 heavy (non-hydrogen) atoms. The summed E-state index contributed by atoms with van der Waals surface area (Å²) in [6.07, 6.45) is 5.75. The molecule has 0 bridgehead atoms. The number of benzene rings is 21. The van der Waals surface area contributed by atoms with E-state index in [4.69, 9.17) is 21.5 Å². The first kappa shape index (κ1) is 78.8. The van der Waals surface area contributed by atoms with Crippen LogP contribution >= 0.6 is 0 Å². The average molecular weight is 1860 g/mol. The van der Waals surface area contributed by atoms with Gasteiger partial charge in [-0.2, -0.15) is 0 Å². The summed E-state index contributed by atoms with van der Waals surface area (Å²) in [6, 6.07) is 158. The lowest BCUT2D eigenvalue weighted by Crippen LogP contribution is -2.04. The van der Waals surface area contributed by atoms with Gasteiger partial charge in [0, 0.05) is 175 Å². The lowest BCUT2D eigenvalue weighted by molar-refractivity contribution is 1.02. The molecule has 0 N–H and O–H groups in total. The summed E-state index contributed by atoms with van der Waals surface area (Å²) in [5.74, 6) is 0.622. The van der Waals surface area contributed by atoms with E-state index < -0.39 is 0 Å². The van der Waals surface area contributed by atoms with Crippen LogP contribution in [0.5, 0.6) is 0 Å². The van der Waals surface area contributed by atoms with Gasteiger partial charge in [-0.15, -0.1) is 0 Å². The molecule has 0 unspecified atom stereocenters. The molecule has 14 heterocycles. The van der Waals surface area contributed by atoms with Crippen molar-refractivity contribution < 1.29 is 0 Å². The van der Waals surface area contributed by atoms with Gasteiger partial charge in [-0.05, 0) is 161 Å². The van der Waals surface area contributed by atoms with Crippen LogP contribution in [0.3, 0.4) is 0 Å². The van der Waals surface area contributed by atoms with Crippen molar-refractivity contribution in [3.8, 4) is 40.0 Å². The van der Waals surface area contributed by atoms with E-state index in [0.29, 0.717) is 11.6 Å². The van der Waals surface area contributed by atoms with Gasteiger partial charge in [-0.25, -0.2) is 19.8 Å². The van der Waals surface area contributed by atoms with Crippen LogP contribution in [0.25, 0.3) is 311 Å². The molecule has 13 nitrogen and oxygen atoms in total. The zero-order valence-corrected chi connectivity index (χ0v) is 78.1. The number of para-hydroxylation sites is 9. The summed E-state index contributed by atoms with van der Waals surface area (Å²) in [4.78, 5) is 23.7. The first-order valence-electron chi connectivity index (χ1n) is 49.7. The molecule has 14 aromatic heterocycles. The van der Waals surface area contributed by atoms with Crippen LogP contribution in [0.2, 0.25) is 0 Å². The molecule has 13 heteroatoms. The van der Waals surface area contributed by atoms with Crippen molar-refractivity contribution in [3.05, 3.63) is 467 Å². The third-order valence-corrected chi connectivity index (χ3v) is 31.7. The summed E-state index contributed by atoms with van der Waals surface area (Å²) in [5, 5.41) is 35.8. The van der Waals surface area contributed by atoms with E-state index in [0.717, 1.165) is 83.4 Å². The molecular formula is C133H75N13. The minimum atomic E-state index is 0.604. The van der Waals surface area contributed by atoms with E-state index in [2.05, 4.69) is 440 Å². The predicted octanol–water partition coefficient (Wildman–Crippen LogP) is 34.4. The summed E-state index contributed by atoms with van der Waals surface area (Å²) in [5.41, 5.74) is 30.5. The van der Waals surface area contributed by atoms with Gasteiger partial charge in [-0.1, -0.05) is 297 Å². The van der Waals surface area contributed by atoms with Crippen LogP contribution in [0.1, 0.15) is 0 Å². The second kappa shape index (κ2) is 29.5. The second-order valence-corrected chi connectivity index (χ2v) is 38.8. The van der Waals surface area contributed by atoms with Crippen molar-refractivity contribution in [3.63, 3.8) is 0 Å².